The molecule has 0 saturated carbocycles. The Balaban J connectivity index is 2.05. The van der Waals surface area contributed by atoms with E-state index in [1.54, 1.807) is 0 Å². The molecule has 1 heterocycles. The van der Waals surface area contributed by atoms with E-state index in [1.165, 1.54) is 19.4 Å². The average Bonchev–Trinajstić information content (AvgIpc) is 2.43. The van der Waals surface area contributed by atoms with E-state index >= 15 is 0 Å². The fourth-order valence-corrected chi connectivity index (χ4v) is 2.35. The first-order valence-corrected chi connectivity index (χ1v) is 7.38. The third-order valence-corrected chi connectivity index (χ3v) is 3.50. The Bertz CT molecular complexity index is 271. The van der Waals surface area contributed by atoms with Crippen LogP contribution < -0.4 is 5.32 Å². The molecular weight excluding hydrogens is 238 g/mol. The van der Waals surface area contributed by atoms with Crippen molar-refractivity contribution in [3.8, 4) is 0 Å². The molecule has 4 nitrogen and oxygen atoms in total. The van der Waals surface area contributed by atoms with Crippen molar-refractivity contribution in [2.24, 2.45) is 0 Å². The van der Waals surface area contributed by atoms with Crippen molar-refractivity contribution in [2.75, 3.05) is 52.4 Å². The Morgan fingerprint density at radius 2 is 1.95 bits per heavy atom. The maximum absolute atomic E-state index is 8.65. The van der Waals surface area contributed by atoms with Gasteiger partial charge in [0.15, 0.2) is 0 Å². The van der Waals surface area contributed by atoms with E-state index in [0.29, 0.717) is 6.54 Å². The van der Waals surface area contributed by atoms with E-state index in [1.807, 2.05) is 13.0 Å². The highest BCUT2D eigenvalue weighted by molar-refractivity contribution is 5.13. The number of unbranched alkanes of at least 4 members (excludes halogenated alkanes) is 1. The van der Waals surface area contributed by atoms with Crippen LogP contribution in [0.5, 0.6) is 0 Å². The summed E-state index contributed by atoms with van der Waals surface area (Å²) in [6.45, 7) is 13.7. The maximum Gasteiger partial charge on any atom is 0.0555 e. The van der Waals surface area contributed by atoms with Crippen LogP contribution >= 0.6 is 0 Å². The molecule has 1 saturated heterocycles. The average molecular weight is 267 g/mol. The minimum absolute atomic E-state index is 0.234. The molecule has 0 atom stereocenters. The molecule has 4 heteroatoms. The number of aliphatic hydroxyl groups is 1. The molecule has 19 heavy (non-hydrogen) atoms. The summed E-state index contributed by atoms with van der Waals surface area (Å²) < 4.78 is 0. The fraction of sp³-hybridized carbons (Fsp3) is 0.733. The van der Waals surface area contributed by atoms with Crippen LogP contribution in [0.1, 0.15) is 19.8 Å². The predicted molar refractivity (Wildman–Crippen MR) is 81.2 cm³/mol. The van der Waals surface area contributed by atoms with Crippen molar-refractivity contribution in [2.45, 2.75) is 19.8 Å². The normalized spacial score (nSPS) is 17.3. The summed E-state index contributed by atoms with van der Waals surface area (Å²) in [4.78, 5) is 4.89. The summed E-state index contributed by atoms with van der Waals surface area (Å²) in [6, 6.07) is 0. The van der Waals surface area contributed by atoms with E-state index in [9.17, 15) is 0 Å². The molecule has 0 amide bonds. The summed E-state index contributed by atoms with van der Waals surface area (Å²) in [7, 11) is 0. The van der Waals surface area contributed by atoms with Crippen LogP contribution in [-0.2, 0) is 0 Å². The summed E-state index contributed by atoms with van der Waals surface area (Å²) in [5, 5.41) is 11.9. The van der Waals surface area contributed by atoms with E-state index in [-0.39, 0.29) is 6.61 Å². The molecule has 1 fully saturated rings. The standard InChI is InChI=1S/C15H29N3O/c1-3-6-15(2)18-12-10-17(11-13-18)9-5-4-7-16-8-14-19/h3,6,16,19H,2,4-5,7-14H2,1H3/b6-3-. The number of nitrogens with one attached hydrogen (secondary N) is 1. The Morgan fingerprint density at radius 1 is 1.21 bits per heavy atom. The Hall–Kier alpha value is -0.840. The highest BCUT2D eigenvalue weighted by Crippen LogP contribution is 2.09. The Kier molecular flexibility index (Phi) is 8.54. The first-order valence-electron chi connectivity index (χ1n) is 7.38. The number of nitrogens with zero attached hydrogens (tertiary/aromatic N) is 2. The molecule has 0 bridgehead atoms. The predicted octanol–water partition coefficient (Wildman–Crippen LogP) is 1.06. The third kappa shape index (κ3) is 6.76. The summed E-state index contributed by atoms with van der Waals surface area (Å²) in [5.41, 5.74) is 1.13. The number of allylic oxidation sites excluding steroid dienone is 2. The first-order chi connectivity index (χ1) is 9.27. The lowest BCUT2D eigenvalue weighted by molar-refractivity contribution is 0.160. The minimum Gasteiger partial charge on any atom is -0.395 e. The van der Waals surface area contributed by atoms with Gasteiger partial charge in [-0.3, -0.25) is 4.90 Å². The molecule has 0 aromatic rings. The van der Waals surface area contributed by atoms with Crippen LogP contribution in [0.2, 0.25) is 0 Å². The molecule has 2 N–H and O–H groups in total. The summed E-state index contributed by atoms with van der Waals surface area (Å²) >= 11 is 0. The fourth-order valence-electron chi connectivity index (χ4n) is 2.35. The van der Waals surface area contributed by atoms with Gasteiger partial charge in [-0.05, 0) is 38.9 Å². The highest BCUT2D eigenvalue weighted by atomic mass is 16.3. The van der Waals surface area contributed by atoms with Gasteiger partial charge in [0, 0.05) is 38.4 Å². The molecule has 0 aromatic carbocycles. The van der Waals surface area contributed by atoms with Gasteiger partial charge >= 0.3 is 0 Å². The van der Waals surface area contributed by atoms with Crippen molar-refractivity contribution in [1.29, 1.82) is 0 Å². The molecule has 0 unspecified atom stereocenters. The van der Waals surface area contributed by atoms with Crippen molar-refractivity contribution < 1.29 is 5.11 Å². The third-order valence-electron chi connectivity index (χ3n) is 3.50. The smallest absolute Gasteiger partial charge is 0.0555 e. The van der Waals surface area contributed by atoms with Crippen LogP contribution in [0.4, 0.5) is 0 Å². The monoisotopic (exact) mass is 267 g/mol. The molecule has 1 aliphatic heterocycles. The van der Waals surface area contributed by atoms with E-state index < -0.39 is 0 Å². The summed E-state index contributed by atoms with van der Waals surface area (Å²) in [5.74, 6) is 0. The lowest BCUT2D eigenvalue weighted by Gasteiger charge is -2.36. The maximum atomic E-state index is 8.65. The Labute approximate surface area is 117 Å². The first kappa shape index (κ1) is 16.2. The number of rotatable bonds is 9. The van der Waals surface area contributed by atoms with Gasteiger partial charge < -0.3 is 15.3 Å². The van der Waals surface area contributed by atoms with Crippen LogP contribution in [0.3, 0.4) is 0 Å². The zero-order valence-electron chi connectivity index (χ0n) is 12.3. The van der Waals surface area contributed by atoms with Gasteiger partial charge in [-0.1, -0.05) is 12.7 Å². The van der Waals surface area contributed by atoms with E-state index in [0.717, 1.165) is 38.4 Å². The lowest BCUT2D eigenvalue weighted by atomic mass is 10.2. The number of hydrogen-bond acceptors (Lipinski definition) is 4. The second-order valence-electron chi connectivity index (χ2n) is 5.00. The van der Waals surface area contributed by atoms with Crippen LogP contribution in [0.25, 0.3) is 0 Å². The molecule has 1 aliphatic rings. The number of piperazine rings is 1. The number of aliphatic hydroxyl groups excluding tert-OH is 1. The van der Waals surface area contributed by atoms with Crippen molar-refractivity contribution >= 4 is 0 Å². The molecule has 0 aliphatic carbocycles. The zero-order chi connectivity index (χ0) is 13.9. The second kappa shape index (κ2) is 10.0. The van der Waals surface area contributed by atoms with Crippen LogP contribution in [0, 0.1) is 0 Å². The topological polar surface area (TPSA) is 38.7 Å². The SMILES string of the molecule is C=C(/C=C\C)N1CCN(CCCCNCCO)CC1. The second-order valence-corrected chi connectivity index (χ2v) is 5.00. The Morgan fingerprint density at radius 3 is 2.58 bits per heavy atom. The highest BCUT2D eigenvalue weighted by Gasteiger charge is 2.15. The number of hydrogen-bond donors (Lipinski definition) is 2. The van der Waals surface area contributed by atoms with Crippen molar-refractivity contribution in [3.05, 3.63) is 24.4 Å². The minimum atomic E-state index is 0.234. The summed E-state index contributed by atoms with van der Waals surface area (Å²) in [6.07, 6.45) is 6.55. The van der Waals surface area contributed by atoms with Crippen molar-refractivity contribution in [1.82, 2.24) is 15.1 Å². The molecule has 0 spiro atoms. The molecule has 0 radical (unpaired) electrons. The van der Waals surface area contributed by atoms with Crippen LogP contribution in [0.15, 0.2) is 24.4 Å². The lowest BCUT2D eigenvalue weighted by Crippen LogP contribution is -2.45. The van der Waals surface area contributed by atoms with Gasteiger partial charge in [-0.15, -0.1) is 0 Å². The molecule has 1 rings (SSSR count). The van der Waals surface area contributed by atoms with Crippen LogP contribution in [-0.4, -0.2) is 67.3 Å². The van der Waals surface area contributed by atoms with Gasteiger partial charge in [0.05, 0.1) is 6.61 Å². The van der Waals surface area contributed by atoms with Gasteiger partial charge in [-0.2, -0.15) is 0 Å². The van der Waals surface area contributed by atoms with Crippen molar-refractivity contribution in [3.63, 3.8) is 0 Å². The van der Waals surface area contributed by atoms with Gasteiger partial charge in [0.2, 0.25) is 0 Å². The van der Waals surface area contributed by atoms with E-state index in [4.69, 9.17) is 5.11 Å². The van der Waals surface area contributed by atoms with Gasteiger partial charge in [0.1, 0.15) is 0 Å². The molecule has 0 aromatic heterocycles. The zero-order valence-corrected chi connectivity index (χ0v) is 12.3. The quantitative estimate of drug-likeness (QED) is 0.484. The van der Waals surface area contributed by atoms with Gasteiger partial charge in [0.25, 0.3) is 0 Å². The van der Waals surface area contributed by atoms with Gasteiger partial charge in [-0.25, -0.2) is 0 Å². The molecule has 110 valence electrons. The largest absolute Gasteiger partial charge is 0.395 e. The van der Waals surface area contributed by atoms with E-state index in [2.05, 4.69) is 27.8 Å². The molecular formula is C15H29N3O.